The molecule has 4 nitrogen and oxygen atoms in total. The van der Waals surface area contributed by atoms with Gasteiger partial charge in [-0.2, -0.15) is 0 Å². The third kappa shape index (κ3) is 2.09. The average molecular weight is 208 g/mol. The van der Waals surface area contributed by atoms with Gasteiger partial charge in [-0.05, 0) is 13.3 Å². The molecule has 1 saturated heterocycles. The number of aromatic nitrogens is 2. The van der Waals surface area contributed by atoms with Gasteiger partial charge in [-0.25, -0.2) is 4.98 Å². The molecule has 0 amide bonds. The topological polar surface area (TPSA) is 44.1 Å². The Morgan fingerprint density at radius 2 is 2.53 bits per heavy atom. The van der Waals surface area contributed by atoms with Crippen LogP contribution in [-0.4, -0.2) is 28.0 Å². The molecule has 0 N–H and O–H groups in total. The highest BCUT2D eigenvalue weighted by Crippen LogP contribution is 2.22. The number of carbonyl (C=O) groups excluding carboxylic acids is 1. The van der Waals surface area contributed by atoms with Crippen molar-refractivity contribution in [2.45, 2.75) is 25.9 Å². The molecule has 1 aliphatic rings. The van der Waals surface area contributed by atoms with Gasteiger partial charge in [0.2, 0.25) is 0 Å². The van der Waals surface area contributed by atoms with Crippen LogP contribution in [-0.2, 0) is 23.0 Å². The van der Waals surface area contributed by atoms with Crippen LogP contribution >= 0.6 is 0 Å². The molecule has 1 aromatic heterocycles. The summed E-state index contributed by atoms with van der Waals surface area (Å²) >= 11 is 0. The maximum atomic E-state index is 11.9. The molecule has 1 aliphatic heterocycles. The molecule has 2 atom stereocenters. The van der Waals surface area contributed by atoms with Crippen molar-refractivity contribution in [2.75, 3.05) is 6.61 Å². The van der Waals surface area contributed by atoms with E-state index in [2.05, 4.69) is 4.98 Å². The second kappa shape index (κ2) is 4.14. The van der Waals surface area contributed by atoms with Gasteiger partial charge in [0, 0.05) is 32.0 Å². The van der Waals surface area contributed by atoms with Crippen molar-refractivity contribution in [2.24, 2.45) is 13.0 Å². The van der Waals surface area contributed by atoms with Crippen molar-refractivity contribution in [3.8, 4) is 0 Å². The van der Waals surface area contributed by atoms with Crippen LogP contribution in [0.15, 0.2) is 12.4 Å². The van der Waals surface area contributed by atoms with Gasteiger partial charge >= 0.3 is 0 Å². The number of carbonyl (C=O) groups is 1. The first-order valence-electron chi connectivity index (χ1n) is 5.29. The molecule has 2 rings (SSSR count). The van der Waals surface area contributed by atoms with Crippen molar-refractivity contribution in [1.82, 2.24) is 9.55 Å². The van der Waals surface area contributed by atoms with Crippen LogP contribution in [0.4, 0.5) is 0 Å². The van der Waals surface area contributed by atoms with Gasteiger partial charge in [-0.1, -0.05) is 0 Å². The van der Waals surface area contributed by atoms with E-state index in [1.807, 2.05) is 24.7 Å². The summed E-state index contributed by atoms with van der Waals surface area (Å²) in [5.74, 6) is 1.13. The fraction of sp³-hybridized carbons (Fsp3) is 0.636. The zero-order valence-corrected chi connectivity index (χ0v) is 9.14. The summed E-state index contributed by atoms with van der Waals surface area (Å²) in [6.07, 6.45) is 4.92. The molecule has 0 saturated carbocycles. The Hall–Kier alpha value is -1.16. The number of nitrogens with zero attached hydrogens (tertiary/aromatic N) is 2. The first kappa shape index (κ1) is 10.4. The van der Waals surface area contributed by atoms with Gasteiger partial charge in [0.25, 0.3) is 0 Å². The number of hydrogen-bond donors (Lipinski definition) is 0. The van der Waals surface area contributed by atoms with Crippen molar-refractivity contribution in [1.29, 1.82) is 0 Å². The summed E-state index contributed by atoms with van der Waals surface area (Å²) in [5, 5.41) is 0. The second-order valence-corrected chi connectivity index (χ2v) is 4.07. The average Bonchev–Trinajstić information content (AvgIpc) is 2.76. The number of hydrogen-bond acceptors (Lipinski definition) is 3. The van der Waals surface area contributed by atoms with E-state index < -0.39 is 0 Å². The number of aryl methyl sites for hydroxylation is 1. The lowest BCUT2D eigenvalue weighted by atomic mass is 9.95. The molecule has 0 spiro atoms. The molecular weight excluding hydrogens is 192 g/mol. The second-order valence-electron chi connectivity index (χ2n) is 4.07. The Kier molecular flexibility index (Phi) is 2.86. The molecule has 0 aliphatic carbocycles. The standard InChI is InChI=1S/C11H16N2O2/c1-8-9(3-6-15-8)10(14)7-11-12-4-5-13(11)2/h4-5,8-9H,3,6-7H2,1-2H3. The number of ether oxygens (including phenoxy) is 1. The van der Waals surface area contributed by atoms with E-state index in [4.69, 9.17) is 4.74 Å². The molecule has 1 aromatic rings. The minimum absolute atomic E-state index is 0.0571. The Labute approximate surface area is 89.3 Å². The molecule has 0 aromatic carbocycles. The number of ketones is 1. The van der Waals surface area contributed by atoms with Crippen molar-refractivity contribution >= 4 is 5.78 Å². The molecule has 2 heterocycles. The fourth-order valence-corrected chi connectivity index (χ4v) is 2.01. The molecule has 0 bridgehead atoms. The zero-order chi connectivity index (χ0) is 10.8. The summed E-state index contributed by atoms with van der Waals surface area (Å²) in [6, 6.07) is 0. The predicted molar refractivity (Wildman–Crippen MR) is 55.4 cm³/mol. The molecule has 0 radical (unpaired) electrons. The van der Waals surface area contributed by atoms with Gasteiger partial charge in [0.1, 0.15) is 11.6 Å². The summed E-state index contributed by atoms with van der Waals surface area (Å²) in [5.41, 5.74) is 0. The zero-order valence-electron chi connectivity index (χ0n) is 9.14. The first-order chi connectivity index (χ1) is 7.18. The van der Waals surface area contributed by atoms with Crippen LogP contribution in [0.5, 0.6) is 0 Å². The minimum Gasteiger partial charge on any atom is -0.378 e. The fourth-order valence-electron chi connectivity index (χ4n) is 2.01. The molecule has 82 valence electrons. The van der Waals surface area contributed by atoms with Crippen LogP contribution in [0.2, 0.25) is 0 Å². The van der Waals surface area contributed by atoms with Gasteiger partial charge in [0.05, 0.1) is 12.5 Å². The van der Waals surface area contributed by atoms with Crippen LogP contribution in [0, 0.1) is 5.92 Å². The lowest BCUT2D eigenvalue weighted by Crippen LogP contribution is -2.24. The van der Waals surface area contributed by atoms with E-state index in [1.54, 1.807) is 6.20 Å². The molecule has 2 unspecified atom stereocenters. The summed E-state index contributed by atoms with van der Waals surface area (Å²) in [4.78, 5) is 16.1. The van der Waals surface area contributed by atoms with Crippen molar-refractivity contribution in [3.63, 3.8) is 0 Å². The van der Waals surface area contributed by atoms with Crippen LogP contribution in [0.1, 0.15) is 19.2 Å². The summed E-state index contributed by atoms with van der Waals surface area (Å²) in [7, 11) is 1.91. The number of Topliss-reactive ketones (excluding diaryl/α,β-unsaturated/α-hetero) is 1. The Morgan fingerprint density at radius 3 is 3.07 bits per heavy atom. The molecule has 15 heavy (non-hydrogen) atoms. The molecule has 4 heteroatoms. The lowest BCUT2D eigenvalue weighted by molar-refractivity contribution is -0.123. The monoisotopic (exact) mass is 208 g/mol. The SMILES string of the molecule is CC1OCCC1C(=O)Cc1nccn1C. The van der Waals surface area contributed by atoms with Gasteiger partial charge in [-0.3, -0.25) is 4.79 Å². The van der Waals surface area contributed by atoms with Crippen LogP contribution in [0.3, 0.4) is 0 Å². The third-order valence-electron chi connectivity index (χ3n) is 3.04. The van der Waals surface area contributed by atoms with E-state index in [0.29, 0.717) is 13.0 Å². The normalized spacial score (nSPS) is 25.7. The Morgan fingerprint density at radius 1 is 1.73 bits per heavy atom. The van der Waals surface area contributed by atoms with E-state index >= 15 is 0 Å². The minimum atomic E-state index is 0.0571. The highest BCUT2D eigenvalue weighted by atomic mass is 16.5. The maximum absolute atomic E-state index is 11.9. The van der Waals surface area contributed by atoms with Gasteiger partial charge < -0.3 is 9.30 Å². The third-order valence-corrected chi connectivity index (χ3v) is 3.04. The number of rotatable bonds is 3. The Balaban J connectivity index is 2.01. The highest BCUT2D eigenvalue weighted by molar-refractivity contribution is 5.83. The van der Waals surface area contributed by atoms with Crippen molar-refractivity contribution < 1.29 is 9.53 Å². The smallest absolute Gasteiger partial charge is 0.146 e. The highest BCUT2D eigenvalue weighted by Gasteiger charge is 2.30. The van der Waals surface area contributed by atoms with Gasteiger partial charge in [-0.15, -0.1) is 0 Å². The predicted octanol–water partition coefficient (Wildman–Crippen LogP) is 0.957. The van der Waals surface area contributed by atoms with Gasteiger partial charge in [0.15, 0.2) is 0 Å². The Bertz CT molecular complexity index is 359. The summed E-state index contributed by atoms with van der Waals surface area (Å²) < 4.78 is 7.28. The number of imidazole rings is 1. The van der Waals surface area contributed by atoms with Crippen molar-refractivity contribution in [3.05, 3.63) is 18.2 Å². The van der Waals surface area contributed by atoms with Crippen LogP contribution < -0.4 is 0 Å². The molecule has 1 fully saturated rings. The molecular formula is C11H16N2O2. The largest absolute Gasteiger partial charge is 0.378 e. The van der Waals surface area contributed by atoms with E-state index in [1.165, 1.54) is 0 Å². The summed E-state index contributed by atoms with van der Waals surface area (Å²) in [6.45, 7) is 2.67. The lowest BCUT2D eigenvalue weighted by Gasteiger charge is -2.12. The maximum Gasteiger partial charge on any atom is 0.146 e. The van der Waals surface area contributed by atoms with E-state index in [0.717, 1.165) is 12.2 Å². The van der Waals surface area contributed by atoms with E-state index in [9.17, 15) is 4.79 Å². The quantitative estimate of drug-likeness (QED) is 0.743. The van der Waals surface area contributed by atoms with E-state index in [-0.39, 0.29) is 17.8 Å². The first-order valence-corrected chi connectivity index (χ1v) is 5.29. The van der Waals surface area contributed by atoms with Crippen LogP contribution in [0.25, 0.3) is 0 Å².